The maximum atomic E-state index is 13.0. The fourth-order valence-corrected chi connectivity index (χ4v) is 2.37. The van der Waals surface area contributed by atoms with Crippen molar-refractivity contribution >= 4 is 27.0 Å². The van der Waals surface area contributed by atoms with Crippen LogP contribution in [-0.2, 0) is 13.6 Å². The summed E-state index contributed by atoms with van der Waals surface area (Å²) in [6.07, 6.45) is 1.46. The third kappa shape index (κ3) is 2.11. The van der Waals surface area contributed by atoms with Gasteiger partial charge in [-0.05, 0) is 17.7 Å². The second-order valence-corrected chi connectivity index (χ2v) is 5.15. The van der Waals surface area contributed by atoms with Gasteiger partial charge in [-0.25, -0.2) is 13.8 Å². The van der Waals surface area contributed by atoms with Gasteiger partial charge in [0.05, 0.1) is 12.7 Å². The number of aryl methyl sites for hydroxylation is 1. The van der Waals surface area contributed by atoms with Gasteiger partial charge in [-0.15, -0.1) is 5.10 Å². The topological polar surface area (TPSA) is 65.6 Å². The zero-order valence-electron chi connectivity index (χ0n) is 10.4. The second-order valence-electron chi connectivity index (χ2n) is 4.29. The highest BCUT2D eigenvalue weighted by Gasteiger charge is 2.11. The normalized spacial score (nSPS) is 11.2. The molecule has 0 saturated heterocycles. The average Bonchev–Trinajstić information content (AvgIpc) is 2.78. The molecule has 8 heteroatoms. The summed E-state index contributed by atoms with van der Waals surface area (Å²) in [4.78, 5) is 12.2. The highest BCUT2D eigenvalue weighted by molar-refractivity contribution is 9.10. The highest BCUT2D eigenvalue weighted by Crippen LogP contribution is 2.18. The molecule has 2 heterocycles. The molecule has 0 aliphatic rings. The first-order chi connectivity index (χ1) is 9.56. The van der Waals surface area contributed by atoms with Crippen molar-refractivity contribution in [2.75, 3.05) is 0 Å². The van der Waals surface area contributed by atoms with E-state index in [1.165, 1.54) is 27.7 Å². The van der Waals surface area contributed by atoms with Crippen molar-refractivity contribution in [3.8, 4) is 0 Å². The minimum absolute atomic E-state index is 0.206. The van der Waals surface area contributed by atoms with Crippen molar-refractivity contribution in [3.63, 3.8) is 0 Å². The fourth-order valence-electron chi connectivity index (χ4n) is 1.89. The predicted molar refractivity (Wildman–Crippen MR) is 73.8 cm³/mol. The van der Waals surface area contributed by atoms with Crippen molar-refractivity contribution in [1.82, 2.24) is 24.8 Å². The zero-order valence-corrected chi connectivity index (χ0v) is 12.0. The Kier molecular flexibility index (Phi) is 3.09. The van der Waals surface area contributed by atoms with E-state index in [4.69, 9.17) is 0 Å². The Hall–Kier alpha value is -2.09. The van der Waals surface area contributed by atoms with Crippen LogP contribution in [0.15, 0.2) is 33.7 Å². The maximum absolute atomic E-state index is 13.0. The molecule has 3 aromatic rings. The van der Waals surface area contributed by atoms with Crippen molar-refractivity contribution in [1.29, 1.82) is 0 Å². The van der Waals surface area contributed by atoms with Crippen LogP contribution >= 0.6 is 15.9 Å². The Morgan fingerprint density at radius 3 is 2.95 bits per heavy atom. The molecule has 0 aliphatic carbocycles. The minimum atomic E-state index is -0.346. The van der Waals surface area contributed by atoms with Crippen molar-refractivity contribution in [2.45, 2.75) is 6.54 Å². The molecule has 102 valence electrons. The van der Waals surface area contributed by atoms with Crippen LogP contribution in [0.4, 0.5) is 4.39 Å². The summed E-state index contributed by atoms with van der Waals surface area (Å²) in [5.74, 6) is -0.346. The molecule has 0 fully saturated rings. The number of aromatic nitrogens is 5. The molecule has 1 aromatic carbocycles. The predicted octanol–water partition coefficient (Wildman–Crippen LogP) is 1.47. The molecule has 0 unspecified atom stereocenters. The lowest BCUT2D eigenvalue weighted by Gasteiger charge is -2.06. The van der Waals surface area contributed by atoms with Gasteiger partial charge in [0.2, 0.25) is 0 Å². The van der Waals surface area contributed by atoms with Gasteiger partial charge in [-0.1, -0.05) is 27.2 Å². The van der Waals surface area contributed by atoms with Crippen LogP contribution in [0, 0.1) is 5.82 Å². The first-order valence-electron chi connectivity index (χ1n) is 5.75. The third-order valence-electron chi connectivity index (χ3n) is 2.95. The third-order valence-corrected chi connectivity index (χ3v) is 3.69. The monoisotopic (exact) mass is 337 g/mol. The van der Waals surface area contributed by atoms with E-state index in [2.05, 4.69) is 31.3 Å². The summed E-state index contributed by atoms with van der Waals surface area (Å²) < 4.78 is 16.3. The molecule has 3 rings (SSSR count). The average molecular weight is 338 g/mol. The number of halogens is 2. The van der Waals surface area contributed by atoms with Crippen molar-refractivity contribution in [3.05, 3.63) is 50.6 Å². The molecule has 0 spiro atoms. The van der Waals surface area contributed by atoms with E-state index in [1.807, 2.05) is 0 Å². The second kappa shape index (κ2) is 4.78. The van der Waals surface area contributed by atoms with Crippen LogP contribution in [0.5, 0.6) is 0 Å². The Balaban J connectivity index is 2.07. The first kappa shape index (κ1) is 12.9. The van der Waals surface area contributed by atoms with Gasteiger partial charge in [-0.2, -0.15) is 5.10 Å². The summed E-state index contributed by atoms with van der Waals surface area (Å²) in [5, 5.41) is 12.2. The lowest BCUT2D eigenvalue weighted by atomic mass is 10.2. The molecule has 0 atom stereocenters. The Morgan fingerprint density at radius 1 is 1.40 bits per heavy atom. The van der Waals surface area contributed by atoms with E-state index < -0.39 is 0 Å². The number of fused-ring (bicyclic) bond motifs is 1. The van der Waals surface area contributed by atoms with E-state index >= 15 is 0 Å². The van der Waals surface area contributed by atoms with Crippen molar-refractivity contribution in [2.24, 2.45) is 7.05 Å². The number of hydrogen-bond donors (Lipinski definition) is 0. The molecule has 0 amide bonds. The standard InChI is InChI=1S/C12H9BrFN5O/c1-18-11-9(5-15-18)12(20)19(17-16-11)6-7-2-3-8(14)4-10(7)13/h2-5H,6H2,1H3. The van der Waals surface area contributed by atoms with E-state index in [1.54, 1.807) is 13.1 Å². The van der Waals surface area contributed by atoms with Crippen LogP contribution < -0.4 is 5.56 Å². The molecule has 0 aliphatic heterocycles. The summed E-state index contributed by atoms with van der Waals surface area (Å²) in [5.41, 5.74) is 0.898. The largest absolute Gasteiger partial charge is 0.281 e. The number of rotatable bonds is 2. The molecule has 6 nitrogen and oxygen atoms in total. The fraction of sp³-hybridized carbons (Fsp3) is 0.167. The van der Waals surface area contributed by atoms with E-state index in [0.717, 1.165) is 5.56 Å². The Morgan fingerprint density at radius 2 is 2.20 bits per heavy atom. The summed E-state index contributed by atoms with van der Waals surface area (Å²) >= 11 is 3.26. The lowest BCUT2D eigenvalue weighted by molar-refractivity contribution is 0.590. The summed E-state index contributed by atoms with van der Waals surface area (Å²) in [6, 6.07) is 4.28. The smallest absolute Gasteiger partial charge is 0.267 e. The van der Waals surface area contributed by atoms with Crippen LogP contribution in [0.3, 0.4) is 0 Å². The van der Waals surface area contributed by atoms with Gasteiger partial charge in [0, 0.05) is 11.5 Å². The SMILES string of the molecule is Cn1ncc2c(=O)n(Cc3ccc(F)cc3Br)nnc21. The van der Waals surface area contributed by atoms with Crippen LogP contribution in [0.1, 0.15) is 5.56 Å². The molecule has 2 aromatic heterocycles. The first-order valence-corrected chi connectivity index (χ1v) is 6.55. The van der Waals surface area contributed by atoms with E-state index in [9.17, 15) is 9.18 Å². The molecule has 0 radical (unpaired) electrons. The molecular formula is C12H9BrFN5O. The Bertz CT molecular complexity index is 857. The van der Waals surface area contributed by atoms with Gasteiger partial charge in [0.15, 0.2) is 5.65 Å². The zero-order chi connectivity index (χ0) is 14.3. The summed E-state index contributed by atoms with van der Waals surface area (Å²) in [7, 11) is 1.69. The molecule has 20 heavy (non-hydrogen) atoms. The number of hydrogen-bond acceptors (Lipinski definition) is 4. The van der Waals surface area contributed by atoms with Gasteiger partial charge < -0.3 is 0 Å². The highest BCUT2D eigenvalue weighted by atomic mass is 79.9. The van der Waals surface area contributed by atoms with Gasteiger partial charge in [-0.3, -0.25) is 4.79 Å². The molecular weight excluding hydrogens is 329 g/mol. The maximum Gasteiger partial charge on any atom is 0.281 e. The van der Waals surface area contributed by atoms with Gasteiger partial charge in [0.25, 0.3) is 5.56 Å². The van der Waals surface area contributed by atoms with Crippen LogP contribution in [0.25, 0.3) is 11.0 Å². The summed E-state index contributed by atoms with van der Waals surface area (Å²) in [6.45, 7) is 0.206. The van der Waals surface area contributed by atoms with Crippen molar-refractivity contribution < 1.29 is 4.39 Å². The van der Waals surface area contributed by atoms with Crippen LogP contribution in [0.2, 0.25) is 0 Å². The minimum Gasteiger partial charge on any atom is -0.267 e. The Labute approximate surface area is 121 Å². The lowest BCUT2D eigenvalue weighted by Crippen LogP contribution is -2.24. The number of nitrogens with zero attached hydrogens (tertiary/aromatic N) is 5. The molecule has 0 saturated carbocycles. The van der Waals surface area contributed by atoms with Crippen LogP contribution in [-0.4, -0.2) is 24.8 Å². The van der Waals surface area contributed by atoms with Gasteiger partial charge >= 0.3 is 0 Å². The molecule has 0 bridgehead atoms. The van der Waals surface area contributed by atoms with Gasteiger partial charge in [0.1, 0.15) is 11.2 Å². The quantitative estimate of drug-likeness (QED) is 0.710. The van der Waals surface area contributed by atoms with E-state index in [-0.39, 0.29) is 17.9 Å². The van der Waals surface area contributed by atoms with E-state index in [0.29, 0.717) is 15.5 Å². The number of benzene rings is 1. The molecule has 0 N–H and O–H groups in total.